The Labute approximate surface area is 85.3 Å². The predicted molar refractivity (Wildman–Crippen MR) is 57.1 cm³/mol. The van der Waals surface area contributed by atoms with E-state index in [-0.39, 0.29) is 0 Å². The molecule has 1 aliphatic carbocycles. The molecule has 2 rings (SSSR count). The van der Waals surface area contributed by atoms with Gasteiger partial charge in [0.25, 0.3) is 0 Å². The van der Waals surface area contributed by atoms with Crippen molar-refractivity contribution in [3.63, 3.8) is 0 Å². The summed E-state index contributed by atoms with van der Waals surface area (Å²) >= 11 is 0. The van der Waals surface area contributed by atoms with Gasteiger partial charge in [0.2, 0.25) is 0 Å². The number of imidazole rings is 1. The summed E-state index contributed by atoms with van der Waals surface area (Å²) in [5, 5.41) is 3.62. The van der Waals surface area contributed by atoms with Gasteiger partial charge in [0.05, 0.1) is 6.33 Å². The van der Waals surface area contributed by atoms with Gasteiger partial charge in [-0.3, -0.25) is 0 Å². The largest absolute Gasteiger partial charge is 0.348 e. The van der Waals surface area contributed by atoms with Gasteiger partial charge in [-0.2, -0.15) is 0 Å². The van der Waals surface area contributed by atoms with Crippen LogP contribution < -0.4 is 5.32 Å². The molecule has 3 heteroatoms. The topological polar surface area (TPSA) is 40.7 Å². The molecule has 2 unspecified atom stereocenters. The maximum absolute atomic E-state index is 4.00. The number of rotatable bonds is 4. The van der Waals surface area contributed by atoms with Gasteiger partial charge in [0.15, 0.2) is 0 Å². The molecule has 1 aromatic rings. The zero-order valence-corrected chi connectivity index (χ0v) is 8.79. The molecule has 0 radical (unpaired) electrons. The number of H-pyrrole nitrogens is 1. The molecule has 78 valence electrons. The van der Waals surface area contributed by atoms with E-state index < -0.39 is 0 Å². The maximum Gasteiger partial charge on any atom is 0.0921 e. The molecule has 1 heterocycles. The van der Waals surface area contributed by atoms with Crippen LogP contribution in [0.1, 0.15) is 31.9 Å². The lowest BCUT2D eigenvalue weighted by molar-refractivity contribution is 0.429. The van der Waals surface area contributed by atoms with E-state index >= 15 is 0 Å². The first-order valence-corrected chi connectivity index (χ1v) is 5.57. The van der Waals surface area contributed by atoms with E-state index in [0.717, 1.165) is 24.9 Å². The summed E-state index contributed by atoms with van der Waals surface area (Å²) in [6.45, 7) is 3.41. The van der Waals surface area contributed by atoms with Gasteiger partial charge in [-0.15, -0.1) is 0 Å². The fourth-order valence-corrected chi connectivity index (χ4v) is 2.26. The maximum atomic E-state index is 4.00. The van der Waals surface area contributed by atoms with E-state index in [1.807, 2.05) is 6.20 Å². The van der Waals surface area contributed by atoms with Crippen molar-refractivity contribution in [1.29, 1.82) is 0 Å². The molecule has 0 aliphatic heterocycles. The van der Waals surface area contributed by atoms with E-state index in [4.69, 9.17) is 0 Å². The number of nitrogens with zero attached hydrogens (tertiary/aromatic N) is 1. The Morgan fingerprint density at radius 1 is 1.57 bits per heavy atom. The van der Waals surface area contributed by atoms with Crippen LogP contribution in [0, 0.1) is 5.92 Å². The first kappa shape index (κ1) is 9.71. The van der Waals surface area contributed by atoms with Crippen molar-refractivity contribution >= 4 is 0 Å². The second-order valence-electron chi connectivity index (χ2n) is 4.30. The summed E-state index contributed by atoms with van der Waals surface area (Å²) in [7, 11) is 0. The fourth-order valence-electron chi connectivity index (χ4n) is 2.26. The molecule has 1 fully saturated rings. The van der Waals surface area contributed by atoms with Gasteiger partial charge in [-0.1, -0.05) is 13.3 Å². The summed E-state index contributed by atoms with van der Waals surface area (Å²) in [5.41, 5.74) is 1.23. The van der Waals surface area contributed by atoms with Crippen LogP contribution in [0.15, 0.2) is 12.5 Å². The van der Waals surface area contributed by atoms with Crippen LogP contribution in [0.3, 0.4) is 0 Å². The van der Waals surface area contributed by atoms with E-state index in [0.29, 0.717) is 0 Å². The van der Waals surface area contributed by atoms with Gasteiger partial charge in [0, 0.05) is 30.9 Å². The highest BCUT2D eigenvalue weighted by Gasteiger charge is 2.21. The number of aromatic nitrogens is 2. The first-order chi connectivity index (χ1) is 6.86. The zero-order valence-electron chi connectivity index (χ0n) is 8.79. The molecule has 0 spiro atoms. The summed E-state index contributed by atoms with van der Waals surface area (Å²) in [6.07, 6.45) is 8.84. The highest BCUT2D eigenvalue weighted by molar-refractivity contribution is 4.95. The lowest BCUT2D eigenvalue weighted by atomic mass is 10.1. The highest BCUT2D eigenvalue weighted by Crippen LogP contribution is 2.24. The van der Waals surface area contributed by atoms with Crippen molar-refractivity contribution in [3.05, 3.63) is 18.2 Å². The summed E-state index contributed by atoms with van der Waals surface area (Å²) in [4.78, 5) is 7.13. The number of nitrogens with one attached hydrogen (secondary N) is 2. The molecule has 0 aromatic carbocycles. The third-order valence-corrected chi connectivity index (χ3v) is 3.22. The minimum atomic E-state index is 0.748. The smallest absolute Gasteiger partial charge is 0.0921 e. The van der Waals surface area contributed by atoms with Crippen molar-refractivity contribution in [2.45, 2.75) is 38.6 Å². The Morgan fingerprint density at radius 3 is 3.14 bits per heavy atom. The van der Waals surface area contributed by atoms with Crippen LogP contribution in [0.2, 0.25) is 0 Å². The molecule has 14 heavy (non-hydrogen) atoms. The minimum absolute atomic E-state index is 0.748. The second kappa shape index (κ2) is 4.60. The van der Waals surface area contributed by atoms with Gasteiger partial charge in [-0.25, -0.2) is 4.98 Å². The molecule has 1 saturated carbocycles. The first-order valence-electron chi connectivity index (χ1n) is 5.57. The molecule has 3 nitrogen and oxygen atoms in total. The lowest BCUT2D eigenvalue weighted by Gasteiger charge is -2.16. The third-order valence-electron chi connectivity index (χ3n) is 3.22. The van der Waals surface area contributed by atoms with Crippen LogP contribution >= 0.6 is 0 Å². The normalized spacial score (nSPS) is 26.9. The number of hydrogen-bond donors (Lipinski definition) is 2. The molecule has 1 aromatic heterocycles. The Morgan fingerprint density at radius 2 is 2.50 bits per heavy atom. The Kier molecular flexibility index (Phi) is 3.19. The SMILES string of the molecule is CC1CCCC1NCCc1cnc[nH]1. The average Bonchev–Trinajstić information content (AvgIpc) is 2.78. The van der Waals surface area contributed by atoms with E-state index in [2.05, 4.69) is 22.2 Å². The van der Waals surface area contributed by atoms with E-state index in [1.165, 1.54) is 25.0 Å². The second-order valence-corrected chi connectivity index (χ2v) is 4.30. The molecule has 1 aliphatic rings. The van der Waals surface area contributed by atoms with E-state index in [9.17, 15) is 0 Å². The van der Waals surface area contributed by atoms with Crippen molar-refractivity contribution in [2.24, 2.45) is 5.92 Å². The quantitative estimate of drug-likeness (QED) is 0.764. The standard InChI is InChI=1S/C11H19N3/c1-9-3-2-4-11(9)13-6-5-10-7-12-8-14-10/h7-9,11,13H,2-6H2,1H3,(H,12,14). The van der Waals surface area contributed by atoms with Gasteiger partial charge >= 0.3 is 0 Å². The highest BCUT2D eigenvalue weighted by atomic mass is 14.9. The van der Waals surface area contributed by atoms with E-state index in [1.54, 1.807) is 6.33 Å². The molecule has 0 amide bonds. The lowest BCUT2D eigenvalue weighted by Crippen LogP contribution is -2.32. The van der Waals surface area contributed by atoms with Crippen LogP contribution in [0.25, 0.3) is 0 Å². The minimum Gasteiger partial charge on any atom is -0.348 e. The number of aromatic amines is 1. The van der Waals surface area contributed by atoms with Crippen molar-refractivity contribution in [1.82, 2.24) is 15.3 Å². The van der Waals surface area contributed by atoms with Crippen molar-refractivity contribution in [2.75, 3.05) is 6.54 Å². The average molecular weight is 193 g/mol. The molecule has 0 saturated heterocycles. The summed E-state index contributed by atoms with van der Waals surface area (Å²) in [5.74, 6) is 0.858. The predicted octanol–water partition coefficient (Wildman–Crippen LogP) is 1.73. The fraction of sp³-hybridized carbons (Fsp3) is 0.727. The molecular weight excluding hydrogens is 174 g/mol. The van der Waals surface area contributed by atoms with Crippen molar-refractivity contribution in [3.8, 4) is 0 Å². The van der Waals surface area contributed by atoms with Gasteiger partial charge < -0.3 is 10.3 Å². The van der Waals surface area contributed by atoms with Crippen LogP contribution in [-0.2, 0) is 6.42 Å². The Bertz CT molecular complexity index is 256. The monoisotopic (exact) mass is 193 g/mol. The Balaban J connectivity index is 1.68. The Hall–Kier alpha value is -0.830. The summed E-state index contributed by atoms with van der Waals surface area (Å²) in [6, 6.07) is 0.748. The molecular formula is C11H19N3. The van der Waals surface area contributed by atoms with Crippen molar-refractivity contribution < 1.29 is 0 Å². The van der Waals surface area contributed by atoms with Gasteiger partial charge in [0.1, 0.15) is 0 Å². The van der Waals surface area contributed by atoms with Crippen LogP contribution in [0.4, 0.5) is 0 Å². The molecule has 0 bridgehead atoms. The van der Waals surface area contributed by atoms with Crippen LogP contribution in [0.5, 0.6) is 0 Å². The number of hydrogen-bond acceptors (Lipinski definition) is 2. The summed E-state index contributed by atoms with van der Waals surface area (Å²) < 4.78 is 0. The molecule has 2 N–H and O–H groups in total. The van der Waals surface area contributed by atoms with Crippen LogP contribution in [-0.4, -0.2) is 22.6 Å². The zero-order chi connectivity index (χ0) is 9.80. The molecule has 2 atom stereocenters. The third kappa shape index (κ3) is 2.35. The van der Waals surface area contributed by atoms with Gasteiger partial charge in [-0.05, 0) is 18.8 Å².